The summed E-state index contributed by atoms with van der Waals surface area (Å²) in [5.74, 6) is -0.655. The normalized spacial score (nSPS) is 13.2. The van der Waals surface area contributed by atoms with Crippen LogP contribution in [0.1, 0.15) is 36.5 Å². The second-order valence-corrected chi connectivity index (χ2v) is 4.86. The number of aromatic nitrogens is 2. The zero-order valence-electron chi connectivity index (χ0n) is 12.4. The minimum atomic E-state index is -4.74. The average Bonchev–Trinajstić information content (AvgIpc) is 2.86. The number of alkyl halides is 3. The van der Waals surface area contributed by atoms with Crippen LogP contribution in [-0.4, -0.2) is 28.4 Å². The molecule has 0 spiro atoms. The zero-order valence-corrected chi connectivity index (χ0v) is 12.4. The molecule has 0 fully saturated rings. The highest BCUT2D eigenvalue weighted by Gasteiger charge is 2.40. The minimum absolute atomic E-state index is 0.0494. The third-order valence-electron chi connectivity index (χ3n) is 3.31. The second kappa shape index (κ2) is 5.86. The number of hydrogen-bond donors (Lipinski definition) is 1. The first-order chi connectivity index (χ1) is 10.3. The van der Waals surface area contributed by atoms with E-state index in [4.69, 9.17) is 4.74 Å². The molecule has 1 atom stereocenters. The van der Waals surface area contributed by atoms with Gasteiger partial charge < -0.3 is 10.1 Å². The Bertz CT molecular complexity index is 694. The zero-order chi connectivity index (χ0) is 16.5. The Labute approximate surface area is 125 Å². The maximum Gasteiger partial charge on any atom is 0.435 e. The molecule has 0 saturated heterocycles. The van der Waals surface area contributed by atoms with Crippen molar-refractivity contribution in [1.29, 1.82) is 0 Å². The summed E-state index contributed by atoms with van der Waals surface area (Å²) in [5.41, 5.74) is -1.81. The molecule has 0 bridgehead atoms. The number of nitrogens with zero attached hydrogens (tertiary/aromatic N) is 2. The van der Waals surface area contributed by atoms with Gasteiger partial charge in [-0.25, -0.2) is 4.98 Å². The fourth-order valence-electron chi connectivity index (χ4n) is 2.01. The number of carbonyl (C=O) groups excluding carboxylic acids is 1. The number of carbonyl (C=O) groups is 1. The molecule has 8 heteroatoms. The van der Waals surface area contributed by atoms with E-state index in [-0.39, 0.29) is 17.4 Å². The molecule has 2 aromatic heterocycles. The number of ether oxygens (including phenoxy) is 1. The molecule has 2 aromatic rings. The molecule has 0 radical (unpaired) electrons. The minimum Gasteiger partial charge on any atom is -0.493 e. The van der Waals surface area contributed by atoms with Crippen LogP contribution in [-0.2, 0) is 6.18 Å². The van der Waals surface area contributed by atoms with E-state index in [0.29, 0.717) is 6.42 Å². The third-order valence-corrected chi connectivity index (χ3v) is 3.31. The fraction of sp³-hybridized carbons (Fsp3) is 0.429. The second-order valence-electron chi connectivity index (χ2n) is 4.86. The standard InChI is InChI=1S/C14H16F3N3O2/c1-4-8(2)18-13(21)10-11(14(15,16)17)19-12-9(22-3)6-5-7-20(10)12/h5-8H,4H2,1-3H3,(H,18,21). The molecule has 120 valence electrons. The monoisotopic (exact) mass is 315 g/mol. The molecule has 2 rings (SSSR count). The largest absolute Gasteiger partial charge is 0.493 e. The van der Waals surface area contributed by atoms with Crippen molar-refractivity contribution in [3.05, 3.63) is 29.7 Å². The summed E-state index contributed by atoms with van der Waals surface area (Å²) in [4.78, 5) is 15.8. The van der Waals surface area contributed by atoms with Gasteiger partial charge in [0.15, 0.2) is 17.1 Å². The number of methoxy groups -OCH3 is 1. The van der Waals surface area contributed by atoms with Gasteiger partial charge in [0.2, 0.25) is 0 Å². The highest BCUT2D eigenvalue weighted by atomic mass is 19.4. The molecule has 1 amide bonds. The number of amides is 1. The SMILES string of the molecule is CCC(C)NC(=O)c1c(C(F)(F)F)nc2c(OC)cccn12. The van der Waals surface area contributed by atoms with E-state index >= 15 is 0 Å². The molecule has 5 nitrogen and oxygen atoms in total. The predicted octanol–water partition coefficient (Wildman–Crippen LogP) is 2.89. The maximum absolute atomic E-state index is 13.2. The highest BCUT2D eigenvalue weighted by molar-refractivity contribution is 5.95. The summed E-state index contributed by atoms with van der Waals surface area (Å²) in [5, 5.41) is 2.53. The molecule has 0 aliphatic rings. The summed E-state index contributed by atoms with van der Waals surface area (Å²) in [7, 11) is 1.33. The van der Waals surface area contributed by atoms with Crippen LogP contribution >= 0.6 is 0 Å². The van der Waals surface area contributed by atoms with Gasteiger partial charge in [-0.1, -0.05) is 6.92 Å². The van der Waals surface area contributed by atoms with Gasteiger partial charge in [0.1, 0.15) is 5.69 Å². The van der Waals surface area contributed by atoms with Crippen molar-refractivity contribution < 1.29 is 22.7 Å². The number of pyridine rings is 1. The van der Waals surface area contributed by atoms with Crippen molar-refractivity contribution in [3.63, 3.8) is 0 Å². The van der Waals surface area contributed by atoms with Crippen LogP contribution in [0.5, 0.6) is 5.75 Å². The average molecular weight is 315 g/mol. The molecule has 1 N–H and O–H groups in total. The van der Waals surface area contributed by atoms with Gasteiger partial charge in [-0.3, -0.25) is 9.20 Å². The Hall–Kier alpha value is -2.25. The van der Waals surface area contributed by atoms with Crippen LogP contribution < -0.4 is 10.1 Å². The molecule has 0 aliphatic heterocycles. The lowest BCUT2D eigenvalue weighted by Crippen LogP contribution is -2.34. The highest BCUT2D eigenvalue weighted by Crippen LogP contribution is 2.33. The van der Waals surface area contributed by atoms with Crippen molar-refractivity contribution in [3.8, 4) is 5.75 Å². The third kappa shape index (κ3) is 2.86. The van der Waals surface area contributed by atoms with Crippen molar-refractivity contribution >= 4 is 11.6 Å². The maximum atomic E-state index is 13.2. The number of rotatable bonds is 4. The van der Waals surface area contributed by atoms with E-state index in [1.165, 1.54) is 25.4 Å². The molecule has 0 saturated carbocycles. The number of imidazole rings is 1. The van der Waals surface area contributed by atoms with E-state index < -0.39 is 23.5 Å². The Morgan fingerprint density at radius 3 is 2.73 bits per heavy atom. The summed E-state index contributed by atoms with van der Waals surface area (Å²) < 4.78 is 45.7. The Kier molecular flexibility index (Phi) is 4.30. The Balaban J connectivity index is 2.66. The van der Waals surface area contributed by atoms with Gasteiger partial charge in [0, 0.05) is 12.2 Å². The van der Waals surface area contributed by atoms with Gasteiger partial charge in [0.25, 0.3) is 5.91 Å². The van der Waals surface area contributed by atoms with Gasteiger partial charge in [-0.2, -0.15) is 13.2 Å². The van der Waals surface area contributed by atoms with Crippen LogP contribution in [0.25, 0.3) is 5.65 Å². The molecule has 0 aliphatic carbocycles. The summed E-state index contributed by atoms with van der Waals surface area (Å²) in [6.07, 6.45) is -2.78. The fourth-order valence-corrected chi connectivity index (χ4v) is 2.01. The smallest absolute Gasteiger partial charge is 0.435 e. The van der Waals surface area contributed by atoms with Crippen LogP contribution in [0.3, 0.4) is 0 Å². The molecule has 22 heavy (non-hydrogen) atoms. The Morgan fingerprint density at radius 1 is 1.50 bits per heavy atom. The topological polar surface area (TPSA) is 55.6 Å². The van der Waals surface area contributed by atoms with Crippen molar-refractivity contribution in [2.45, 2.75) is 32.5 Å². The number of fused-ring (bicyclic) bond motifs is 1. The number of halogens is 3. The van der Waals surface area contributed by atoms with E-state index in [0.717, 1.165) is 4.40 Å². The van der Waals surface area contributed by atoms with E-state index in [9.17, 15) is 18.0 Å². The predicted molar refractivity (Wildman–Crippen MR) is 74.0 cm³/mol. The molecular formula is C14H16F3N3O2. The van der Waals surface area contributed by atoms with Gasteiger partial charge in [-0.15, -0.1) is 0 Å². The lowest BCUT2D eigenvalue weighted by atomic mass is 10.2. The quantitative estimate of drug-likeness (QED) is 0.944. The summed E-state index contributed by atoms with van der Waals surface area (Å²) >= 11 is 0. The van der Waals surface area contributed by atoms with Gasteiger partial charge >= 0.3 is 6.18 Å². The lowest BCUT2D eigenvalue weighted by Gasteiger charge is -2.13. The molecule has 1 unspecified atom stereocenters. The van der Waals surface area contributed by atoms with Crippen LogP contribution in [0.15, 0.2) is 18.3 Å². The van der Waals surface area contributed by atoms with Crippen LogP contribution in [0.4, 0.5) is 13.2 Å². The first-order valence-corrected chi connectivity index (χ1v) is 6.72. The first-order valence-electron chi connectivity index (χ1n) is 6.72. The molecular weight excluding hydrogens is 299 g/mol. The lowest BCUT2D eigenvalue weighted by molar-refractivity contribution is -0.141. The number of nitrogens with one attached hydrogen (secondary N) is 1. The van der Waals surface area contributed by atoms with Crippen molar-refractivity contribution in [1.82, 2.24) is 14.7 Å². The van der Waals surface area contributed by atoms with E-state index in [2.05, 4.69) is 10.3 Å². The van der Waals surface area contributed by atoms with Crippen LogP contribution in [0.2, 0.25) is 0 Å². The van der Waals surface area contributed by atoms with Gasteiger partial charge in [0.05, 0.1) is 7.11 Å². The first kappa shape index (κ1) is 16.1. The Morgan fingerprint density at radius 2 is 2.18 bits per heavy atom. The van der Waals surface area contributed by atoms with Gasteiger partial charge in [-0.05, 0) is 25.5 Å². The van der Waals surface area contributed by atoms with Crippen LogP contribution in [0, 0.1) is 0 Å². The molecule has 2 heterocycles. The van der Waals surface area contributed by atoms with Crippen molar-refractivity contribution in [2.75, 3.05) is 7.11 Å². The van der Waals surface area contributed by atoms with E-state index in [1.807, 2.05) is 6.92 Å². The molecule has 0 aromatic carbocycles. The summed E-state index contributed by atoms with van der Waals surface area (Å²) in [6.45, 7) is 3.54. The number of hydrogen-bond acceptors (Lipinski definition) is 3. The summed E-state index contributed by atoms with van der Waals surface area (Å²) in [6, 6.07) is 2.73. The van der Waals surface area contributed by atoms with E-state index in [1.54, 1.807) is 6.92 Å². The van der Waals surface area contributed by atoms with Crippen molar-refractivity contribution in [2.24, 2.45) is 0 Å².